The Kier molecular flexibility index (Phi) is 2.33. The number of nitrogens with zero attached hydrogens (tertiary/aromatic N) is 1. The molecule has 15 heavy (non-hydrogen) atoms. The monoisotopic (exact) mass is 223 g/mol. The van der Waals surface area contributed by atoms with Gasteiger partial charge in [-0.2, -0.15) is 0 Å². The molecule has 0 aromatic carbocycles. The SMILES string of the molecule is O=C1CCCc2sc(C3CCOC3)nc21. The number of aryl methyl sites for hydroxylation is 1. The smallest absolute Gasteiger partial charge is 0.182 e. The number of ether oxygens (including phenoxy) is 1. The lowest BCUT2D eigenvalue weighted by Gasteiger charge is -2.06. The van der Waals surface area contributed by atoms with Gasteiger partial charge in [0.2, 0.25) is 0 Å². The first kappa shape index (κ1) is 9.48. The molecule has 0 radical (unpaired) electrons. The highest BCUT2D eigenvalue weighted by Crippen LogP contribution is 2.33. The first-order valence-electron chi connectivity index (χ1n) is 5.45. The summed E-state index contributed by atoms with van der Waals surface area (Å²) in [5.74, 6) is 0.672. The summed E-state index contributed by atoms with van der Waals surface area (Å²) in [5.41, 5.74) is 0.758. The van der Waals surface area contributed by atoms with Crippen LogP contribution in [0.15, 0.2) is 0 Å². The van der Waals surface area contributed by atoms with Crippen molar-refractivity contribution in [1.82, 2.24) is 4.98 Å². The van der Waals surface area contributed by atoms with Gasteiger partial charge in [-0.15, -0.1) is 11.3 Å². The Balaban J connectivity index is 1.94. The van der Waals surface area contributed by atoms with Gasteiger partial charge in [-0.1, -0.05) is 0 Å². The van der Waals surface area contributed by atoms with Crippen molar-refractivity contribution in [3.05, 3.63) is 15.6 Å². The van der Waals surface area contributed by atoms with Crippen molar-refractivity contribution in [1.29, 1.82) is 0 Å². The molecule has 0 bridgehead atoms. The molecule has 3 rings (SSSR count). The summed E-state index contributed by atoms with van der Waals surface area (Å²) in [6.07, 6.45) is 3.76. The minimum atomic E-state index is 0.234. The van der Waals surface area contributed by atoms with Crippen LogP contribution < -0.4 is 0 Å². The first-order valence-corrected chi connectivity index (χ1v) is 6.27. The Labute approximate surface area is 92.5 Å². The fraction of sp³-hybridized carbons (Fsp3) is 0.636. The maximum absolute atomic E-state index is 11.6. The Morgan fingerprint density at radius 2 is 2.33 bits per heavy atom. The van der Waals surface area contributed by atoms with Gasteiger partial charge in [0.15, 0.2) is 5.78 Å². The van der Waals surface area contributed by atoms with Crippen LogP contribution in [0.2, 0.25) is 0 Å². The predicted molar refractivity (Wildman–Crippen MR) is 57.6 cm³/mol. The number of thiazole rings is 1. The van der Waals surface area contributed by atoms with E-state index in [0.29, 0.717) is 12.3 Å². The van der Waals surface area contributed by atoms with Crippen molar-refractivity contribution in [3.8, 4) is 0 Å². The normalized spacial score (nSPS) is 25.6. The number of ketones is 1. The van der Waals surface area contributed by atoms with E-state index in [2.05, 4.69) is 4.98 Å². The zero-order valence-electron chi connectivity index (χ0n) is 8.49. The number of fused-ring (bicyclic) bond motifs is 1. The molecule has 1 aliphatic carbocycles. The summed E-state index contributed by atoms with van der Waals surface area (Å²) >= 11 is 1.72. The van der Waals surface area contributed by atoms with Crippen LogP contribution in [0.3, 0.4) is 0 Å². The highest BCUT2D eigenvalue weighted by Gasteiger charge is 2.27. The minimum absolute atomic E-state index is 0.234. The summed E-state index contributed by atoms with van der Waals surface area (Å²) in [6.45, 7) is 1.61. The van der Waals surface area contributed by atoms with Gasteiger partial charge in [-0.05, 0) is 19.3 Å². The summed E-state index contributed by atoms with van der Waals surface area (Å²) in [6, 6.07) is 0. The second-order valence-corrected chi connectivity index (χ2v) is 5.28. The van der Waals surface area contributed by atoms with Crippen LogP contribution in [0.5, 0.6) is 0 Å². The lowest BCUT2D eigenvalue weighted by atomic mass is 10.0. The van der Waals surface area contributed by atoms with Gasteiger partial charge < -0.3 is 4.74 Å². The van der Waals surface area contributed by atoms with E-state index in [1.54, 1.807) is 11.3 Å². The third kappa shape index (κ3) is 1.62. The van der Waals surface area contributed by atoms with Crippen LogP contribution in [0.1, 0.15) is 45.6 Å². The third-order valence-electron chi connectivity index (χ3n) is 3.06. The lowest BCUT2D eigenvalue weighted by molar-refractivity contribution is 0.0968. The summed E-state index contributed by atoms with van der Waals surface area (Å²) < 4.78 is 5.35. The van der Waals surface area contributed by atoms with E-state index >= 15 is 0 Å². The van der Waals surface area contributed by atoms with Crippen LogP contribution in [-0.2, 0) is 11.2 Å². The topological polar surface area (TPSA) is 39.2 Å². The van der Waals surface area contributed by atoms with E-state index in [9.17, 15) is 4.79 Å². The third-order valence-corrected chi connectivity index (χ3v) is 4.34. The fourth-order valence-corrected chi connectivity index (χ4v) is 3.43. The molecule has 2 heterocycles. The van der Waals surface area contributed by atoms with Crippen LogP contribution in [-0.4, -0.2) is 24.0 Å². The van der Waals surface area contributed by atoms with E-state index in [1.807, 2.05) is 0 Å². The van der Waals surface area contributed by atoms with Crippen LogP contribution in [0.4, 0.5) is 0 Å². The molecule has 0 spiro atoms. The second kappa shape index (κ2) is 3.68. The van der Waals surface area contributed by atoms with E-state index in [1.165, 1.54) is 4.88 Å². The minimum Gasteiger partial charge on any atom is -0.381 e. The number of hydrogen-bond acceptors (Lipinski definition) is 4. The Morgan fingerprint density at radius 3 is 3.07 bits per heavy atom. The molecule has 4 heteroatoms. The van der Waals surface area contributed by atoms with Gasteiger partial charge in [0, 0.05) is 23.8 Å². The van der Waals surface area contributed by atoms with Gasteiger partial charge in [0.05, 0.1) is 11.6 Å². The number of rotatable bonds is 1. The Morgan fingerprint density at radius 1 is 1.40 bits per heavy atom. The van der Waals surface area contributed by atoms with E-state index in [0.717, 1.165) is 43.2 Å². The van der Waals surface area contributed by atoms with Gasteiger partial charge in [-0.3, -0.25) is 4.79 Å². The largest absolute Gasteiger partial charge is 0.381 e. The fourth-order valence-electron chi connectivity index (χ4n) is 2.19. The van der Waals surface area contributed by atoms with E-state index < -0.39 is 0 Å². The standard InChI is InChI=1S/C11H13NO2S/c13-8-2-1-3-9-10(8)12-11(15-9)7-4-5-14-6-7/h7H,1-6H2. The molecular formula is C11H13NO2S. The maximum Gasteiger partial charge on any atom is 0.182 e. The number of Topliss-reactive ketones (excluding diaryl/α,β-unsaturated/α-hetero) is 1. The molecule has 0 amide bonds. The molecule has 1 aliphatic heterocycles. The van der Waals surface area contributed by atoms with Crippen molar-refractivity contribution in [2.24, 2.45) is 0 Å². The van der Waals surface area contributed by atoms with Crippen molar-refractivity contribution in [2.45, 2.75) is 31.6 Å². The zero-order valence-corrected chi connectivity index (χ0v) is 9.31. The molecule has 1 aromatic heterocycles. The lowest BCUT2D eigenvalue weighted by Crippen LogP contribution is -2.09. The van der Waals surface area contributed by atoms with E-state index in [-0.39, 0.29) is 5.78 Å². The van der Waals surface area contributed by atoms with Gasteiger partial charge >= 0.3 is 0 Å². The quantitative estimate of drug-likeness (QED) is 0.732. The van der Waals surface area contributed by atoms with Gasteiger partial charge in [0.25, 0.3) is 0 Å². The predicted octanol–water partition coefficient (Wildman–Crippen LogP) is 2.17. The summed E-state index contributed by atoms with van der Waals surface area (Å²) in [4.78, 5) is 17.3. The molecule has 0 saturated carbocycles. The average molecular weight is 223 g/mol. The zero-order chi connectivity index (χ0) is 10.3. The van der Waals surface area contributed by atoms with Gasteiger partial charge in [0.1, 0.15) is 5.69 Å². The highest BCUT2D eigenvalue weighted by atomic mass is 32.1. The molecule has 2 aliphatic rings. The molecule has 1 atom stereocenters. The number of carbonyl (C=O) groups excluding carboxylic acids is 1. The van der Waals surface area contributed by atoms with Crippen LogP contribution in [0.25, 0.3) is 0 Å². The molecule has 1 unspecified atom stereocenters. The number of aromatic nitrogens is 1. The highest BCUT2D eigenvalue weighted by molar-refractivity contribution is 7.12. The van der Waals surface area contributed by atoms with E-state index in [4.69, 9.17) is 4.74 Å². The van der Waals surface area contributed by atoms with Gasteiger partial charge in [-0.25, -0.2) is 4.98 Å². The molecule has 1 aromatic rings. The Bertz CT molecular complexity index is 393. The first-order chi connectivity index (χ1) is 7.34. The molecule has 1 fully saturated rings. The number of carbonyl (C=O) groups is 1. The van der Waals surface area contributed by atoms with Crippen molar-refractivity contribution in [3.63, 3.8) is 0 Å². The summed E-state index contributed by atoms with van der Waals surface area (Å²) in [5, 5.41) is 1.12. The maximum atomic E-state index is 11.6. The number of hydrogen-bond donors (Lipinski definition) is 0. The molecule has 3 nitrogen and oxygen atoms in total. The average Bonchev–Trinajstić information content (AvgIpc) is 2.86. The van der Waals surface area contributed by atoms with Crippen LogP contribution in [0, 0.1) is 0 Å². The molecule has 0 N–H and O–H groups in total. The van der Waals surface area contributed by atoms with Crippen LogP contribution >= 0.6 is 11.3 Å². The molecular weight excluding hydrogens is 210 g/mol. The van der Waals surface area contributed by atoms with Crippen molar-refractivity contribution in [2.75, 3.05) is 13.2 Å². The van der Waals surface area contributed by atoms with Crippen molar-refractivity contribution >= 4 is 17.1 Å². The molecule has 80 valence electrons. The van der Waals surface area contributed by atoms with Crippen molar-refractivity contribution < 1.29 is 9.53 Å². The summed E-state index contributed by atoms with van der Waals surface area (Å²) in [7, 11) is 0. The molecule has 1 saturated heterocycles. The second-order valence-electron chi connectivity index (χ2n) is 4.16. The Hall–Kier alpha value is -0.740.